The van der Waals surface area contributed by atoms with Crippen LogP contribution in [0.15, 0.2) is 30.5 Å². The van der Waals surface area contributed by atoms with Crippen molar-refractivity contribution in [2.45, 2.75) is 26.5 Å². The molecule has 1 aromatic carbocycles. The summed E-state index contributed by atoms with van der Waals surface area (Å²) < 4.78 is 1.79. The van der Waals surface area contributed by atoms with Gasteiger partial charge in [-0.05, 0) is 43.2 Å². The van der Waals surface area contributed by atoms with E-state index in [4.69, 9.17) is 11.6 Å². The third kappa shape index (κ3) is 2.35. The molecule has 0 saturated heterocycles. The molecule has 90 valence electrons. The van der Waals surface area contributed by atoms with Crippen LogP contribution >= 0.6 is 11.6 Å². The molecule has 0 aliphatic rings. The lowest BCUT2D eigenvalue weighted by molar-refractivity contribution is 0.207. The van der Waals surface area contributed by atoms with Gasteiger partial charge in [-0.1, -0.05) is 17.7 Å². The molecule has 0 saturated carbocycles. The molecular formula is C13H15ClN2O. The number of aliphatic hydroxyl groups is 1. The Morgan fingerprint density at radius 2 is 2.18 bits per heavy atom. The van der Waals surface area contributed by atoms with Crippen molar-refractivity contribution in [3.63, 3.8) is 0 Å². The molecule has 1 aromatic heterocycles. The monoisotopic (exact) mass is 250 g/mol. The first-order valence-corrected chi connectivity index (χ1v) is 5.97. The average Bonchev–Trinajstić information content (AvgIpc) is 2.76. The van der Waals surface area contributed by atoms with Crippen LogP contribution in [0.5, 0.6) is 0 Å². The number of halogens is 1. The molecule has 0 aliphatic carbocycles. The van der Waals surface area contributed by atoms with E-state index in [2.05, 4.69) is 5.10 Å². The molecule has 0 aliphatic heterocycles. The van der Waals surface area contributed by atoms with E-state index in [1.165, 1.54) is 0 Å². The van der Waals surface area contributed by atoms with Crippen LogP contribution in [0, 0.1) is 6.92 Å². The van der Waals surface area contributed by atoms with Crippen molar-refractivity contribution in [3.05, 3.63) is 52.3 Å². The van der Waals surface area contributed by atoms with Crippen LogP contribution in [0.25, 0.3) is 0 Å². The topological polar surface area (TPSA) is 38.0 Å². The molecule has 0 radical (unpaired) electrons. The van der Waals surface area contributed by atoms with Gasteiger partial charge in [-0.15, -0.1) is 0 Å². The third-order valence-corrected chi connectivity index (χ3v) is 3.09. The van der Waals surface area contributed by atoms with Crippen molar-refractivity contribution in [1.82, 2.24) is 9.78 Å². The zero-order valence-electron chi connectivity index (χ0n) is 9.89. The zero-order valence-corrected chi connectivity index (χ0v) is 10.6. The highest BCUT2D eigenvalue weighted by Crippen LogP contribution is 2.26. The molecule has 1 N–H and O–H groups in total. The van der Waals surface area contributed by atoms with Gasteiger partial charge < -0.3 is 5.11 Å². The molecule has 2 aromatic rings. The lowest BCUT2D eigenvalue weighted by Crippen LogP contribution is -2.10. The third-order valence-electron chi connectivity index (χ3n) is 2.86. The summed E-state index contributed by atoms with van der Waals surface area (Å²) in [6.07, 6.45) is 1.04. The summed E-state index contributed by atoms with van der Waals surface area (Å²) in [6, 6.07) is 7.34. The number of benzene rings is 1. The standard InChI is InChI=1S/C13H15ClN2O/c1-3-16-12(6-7-15-16)13(17)11-5-4-10(14)8-9(11)2/h4-8,13,17H,3H2,1-2H3. The van der Waals surface area contributed by atoms with Crippen molar-refractivity contribution < 1.29 is 5.11 Å². The SMILES string of the molecule is CCn1nccc1C(O)c1ccc(Cl)cc1C. The maximum absolute atomic E-state index is 10.4. The lowest BCUT2D eigenvalue weighted by atomic mass is 10.0. The first-order chi connectivity index (χ1) is 8.13. The van der Waals surface area contributed by atoms with Gasteiger partial charge >= 0.3 is 0 Å². The largest absolute Gasteiger partial charge is 0.382 e. The quantitative estimate of drug-likeness (QED) is 0.910. The summed E-state index contributed by atoms with van der Waals surface area (Å²) in [5, 5.41) is 15.2. The highest BCUT2D eigenvalue weighted by molar-refractivity contribution is 6.30. The molecule has 0 spiro atoms. The lowest BCUT2D eigenvalue weighted by Gasteiger charge is -2.15. The smallest absolute Gasteiger partial charge is 0.121 e. The molecule has 3 nitrogen and oxygen atoms in total. The Morgan fingerprint density at radius 1 is 1.41 bits per heavy atom. The van der Waals surface area contributed by atoms with Crippen molar-refractivity contribution in [1.29, 1.82) is 0 Å². The van der Waals surface area contributed by atoms with Gasteiger partial charge in [-0.3, -0.25) is 4.68 Å². The van der Waals surface area contributed by atoms with Gasteiger partial charge in [-0.25, -0.2) is 0 Å². The van der Waals surface area contributed by atoms with Crippen molar-refractivity contribution in [3.8, 4) is 0 Å². The number of hydrogen-bond acceptors (Lipinski definition) is 2. The van der Waals surface area contributed by atoms with Crippen LogP contribution in [0.2, 0.25) is 5.02 Å². The second-order valence-electron chi connectivity index (χ2n) is 3.98. The second kappa shape index (κ2) is 4.90. The van der Waals surface area contributed by atoms with Crippen LogP contribution < -0.4 is 0 Å². The number of hydrogen-bond donors (Lipinski definition) is 1. The van der Waals surface area contributed by atoms with Gasteiger partial charge in [0.25, 0.3) is 0 Å². The van der Waals surface area contributed by atoms with Crippen LogP contribution in [-0.4, -0.2) is 14.9 Å². The van der Waals surface area contributed by atoms with E-state index in [-0.39, 0.29) is 0 Å². The molecule has 4 heteroatoms. The summed E-state index contributed by atoms with van der Waals surface area (Å²) in [7, 11) is 0. The van der Waals surface area contributed by atoms with Crippen molar-refractivity contribution in [2.24, 2.45) is 0 Å². The van der Waals surface area contributed by atoms with E-state index >= 15 is 0 Å². The molecule has 1 atom stereocenters. The van der Waals surface area contributed by atoms with Crippen molar-refractivity contribution in [2.75, 3.05) is 0 Å². The molecule has 1 heterocycles. The summed E-state index contributed by atoms with van der Waals surface area (Å²) in [4.78, 5) is 0. The van der Waals surface area contributed by atoms with E-state index < -0.39 is 6.10 Å². The average molecular weight is 251 g/mol. The second-order valence-corrected chi connectivity index (χ2v) is 4.41. The molecule has 0 fully saturated rings. The van der Waals surface area contributed by atoms with E-state index in [1.807, 2.05) is 32.0 Å². The van der Waals surface area contributed by atoms with Crippen molar-refractivity contribution >= 4 is 11.6 Å². The Labute approximate surface area is 106 Å². The van der Waals surface area contributed by atoms with E-state index in [1.54, 1.807) is 16.9 Å². The van der Waals surface area contributed by atoms with E-state index in [0.29, 0.717) is 5.02 Å². The summed E-state index contributed by atoms with van der Waals surface area (Å²) in [6.45, 7) is 4.68. The number of nitrogens with zero attached hydrogens (tertiary/aromatic N) is 2. The molecule has 17 heavy (non-hydrogen) atoms. The predicted molar refractivity (Wildman–Crippen MR) is 68.2 cm³/mol. The molecule has 0 bridgehead atoms. The van der Waals surface area contributed by atoms with Gasteiger partial charge in [0.1, 0.15) is 6.10 Å². The minimum Gasteiger partial charge on any atom is -0.382 e. The zero-order chi connectivity index (χ0) is 12.4. The predicted octanol–water partition coefficient (Wildman–Crippen LogP) is 2.95. The first-order valence-electron chi connectivity index (χ1n) is 5.59. The first kappa shape index (κ1) is 12.1. The Kier molecular flexibility index (Phi) is 3.50. The fraction of sp³-hybridized carbons (Fsp3) is 0.308. The number of aryl methyl sites for hydroxylation is 2. The van der Waals surface area contributed by atoms with Crippen LogP contribution in [0.1, 0.15) is 29.8 Å². The van der Waals surface area contributed by atoms with Gasteiger partial charge in [0.15, 0.2) is 0 Å². The molecule has 1 unspecified atom stereocenters. The van der Waals surface area contributed by atoms with Gasteiger partial charge in [-0.2, -0.15) is 5.10 Å². The maximum atomic E-state index is 10.4. The Balaban J connectivity index is 2.40. The van der Waals surface area contributed by atoms with Crippen LogP contribution in [-0.2, 0) is 6.54 Å². The Hall–Kier alpha value is -1.32. The summed E-state index contributed by atoms with van der Waals surface area (Å²) >= 11 is 5.91. The molecule has 2 rings (SSSR count). The summed E-state index contributed by atoms with van der Waals surface area (Å²) in [5.74, 6) is 0. The number of aliphatic hydroxyl groups excluding tert-OH is 1. The minimum absolute atomic E-state index is 0.658. The van der Waals surface area contributed by atoms with Gasteiger partial charge in [0.2, 0.25) is 0 Å². The highest BCUT2D eigenvalue weighted by atomic mass is 35.5. The van der Waals surface area contributed by atoms with Crippen LogP contribution in [0.3, 0.4) is 0 Å². The van der Waals surface area contributed by atoms with E-state index in [0.717, 1.165) is 23.4 Å². The number of rotatable bonds is 3. The van der Waals surface area contributed by atoms with Crippen LogP contribution in [0.4, 0.5) is 0 Å². The normalized spacial score (nSPS) is 12.7. The minimum atomic E-state index is -0.658. The molecular weight excluding hydrogens is 236 g/mol. The molecule has 0 amide bonds. The van der Waals surface area contributed by atoms with Gasteiger partial charge in [0, 0.05) is 17.8 Å². The summed E-state index contributed by atoms with van der Waals surface area (Å²) in [5.41, 5.74) is 2.65. The fourth-order valence-corrected chi connectivity index (χ4v) is 2.17. The maximum Gasteiger partial charge on any atom is 0.121 e. The fourth-order valence-electron chi connectivity index (χ4n) is 1.94. The number of aromatic nitrogens is 2. The highest BCUT2D eigenvalue weighted by Gasteiger charge is 2.16. The Morgan fingerprint density at radius 3 is 2.82 bits per heavy atom. The van der Waals surface area contributed by atoms with E-state index in [9.17, 15) is 5.11 Å². The Bertz CT molecular complexity index is 522. The van der Waals surface area contributed by atoms with Gasteiger partial charge in [0.05, 0.1) is 5.69 Å².